The van der Waals surface area contributed by atoms with Crippen LogP contribution in [0, 0.1) is 0 Å². The minimum atomic E-state index is 0.812. The summed E-state index contributed by atoms with van der Waals surface area (Å²) < 4.78 is 1.93. The zero-order valence-corrected chi connectivity index (χ0v) is 11.3. The Bertz CT molecular complexity index is 293. The third-order valence-corrected chi connectivity index (χ3v) is 3.00. The Morgan fingerprint density at radius 3 is 2.71 bits per heavy atom. The van der Waals surface area contributed by atoms with Crippen LogP contribution in [0.2, 0.25) is 0 Å². The van der Waals surface area contributed by atoms with Crippen molar-refractivity contribution < 1.29 is 0 Å². The Balaban J connectivity index is 2.12. The Hall–Kier alpha value is -0.940. The molecule has 5 heteroatoms. The van der Waals surface area contributed by atoms with Gasteiger partial charge in [-0.15, -0.1) is 0 Å². The molecule has 0 saturated carbocycles. The van der Waals surface area contributed by atoms with Gasteiger partial charge in [0.1, 0.15) is 12.2 Å². The van der Waals surface area contributed by atoms with E-state index in [0.29, 0.717) is 0 Å². The average molecular weight is 239 g/mol. The van der Waals surface area contributed by atoms with Gasteiger partial charge in [0.05, 0.1) is 6.54 Å². The predicted molar refractivity (Wildman–Crippen MR) is 69.8 cm³/mol. The van der Waals surface area contributed by atoms with Gasteiger partial charge < -0.3 is 10.2 Å². The van der Waals surface area contributed by atoms with Crippen LogP contribution in [0.5, 0.6) is 0 Å². The maximum absolute atomic E-state index is 4.23. The zero-order chi connectivity index (χ0) is 12.5. The van der Waals surface area contributed by atoms with Crippen LogP contribution < -0.4 is 5.32 Å². The second kappa shape index (κ2) is 8.20. The Labute approximate surface area is 104 Å². The maximum atomic E-state index is 4.23. The van der Waals surface area contributed by atoms with Crippen molar-refractivity contribution in [3.63, 3.8) is 0 Å². The molecule has 0 atom stereocenters. The number of hydrogen-bond acceptors (Lipinski definition) is 4. The standard InChI is InChI=1S/C12H25N5/c1-4-16(5-2)9-7-8-13-10-12-14-11-15-17(12)6-3/h11,13H,4-10H2,1-3H3. The number of hydrogen-bond donors (Lipinski definition) is 1. The molecule has 0 aliphatic rings. The van der Waals surface area contributed by atoms with Crippen molar-refractivity contribution in [2.24, 2.45) is 0 Å². The molecule has 0 aliphatic carbocycles. The molecule has 0 amide bonds. The summed E-state index contributed by atoms with van der Waals surface area (Å²) in [6.45, 7) is 12.7. The molecule has 17 heavy (non-hydrogen) atoms. The highest BCUT2D eigenvalue weighted by atomic mass is 15.3. The first-order chi connectivity index (χ1) is 8.31. The molecular weight excluding hydrogens is 214 g/mol. The van der Waals surface area contributed by atoms with Gasteiger partial charge >= 0.3 is 0 Å². The van der Waals surface area contributed by atoms with Crippen LogP contribution in [0.4, 0.5) is 0 Å². The molecule has 1 aromatic rings. The third-order valence-electron chi connectivity index (χ3n) is 3.00. The van der Waals surface area contributed by atoms with Crippen LogP contribution in [-0.2, 0) is 13.1 Å². The van der Waals surface area contributed by atoms with Crippen molar-refractivity contribution >= 4 is 0 Å². The van der Waals surface area contributed by atoms with E-state index in [0.717, 1.165) is 38.5 Å². The lowest BCUT2D eigenvalue weighted by Crippen LogP contribution is -2.27. The minimum Gasteiger partial charge on any atom is -0.310 e. The van der Waals surface area contributed by atoms with Gasteiger partial charge in [0, 0.05) is 6.54 Å². The van der Waals surface area contributed by atoms with Crippen LogP contribution in [0.1, 0.15) is 33.0 Å². The Morgan fingerprint density at radius 1 is 1.29 bits per heavy atom. The minimum absolute atomic E-state index is 0.812. The van der Waals surface area contributed by atoms with E-state index >= 15 is 0 Å². The summed E-state index contributed by atoms with van der Waals surface area (Å²) in [4.78, 5) is 6.67. The fourth-order valence-electron chi connectivity index (χ4n) is 1.86. The number of aromatic nitrogens is 3. The van der Waals surface area contributed by atoms with Crippen LogP contribution in [-0.4, -0.2) is 45.8 Å². The first kappa shape index (κ1) is 14.1. The van der Waals surface area contributed by atoms with Gasteiger partial charge in [-0.25, -0.2) is 9.67 Å². The molecule has 0 spiro atoms. The van der Waals surface area contributed by atoms with E-state index in [1.807, 2.05) is 4.68 Å². The lowest BCUT2D eigenvalue weighted by molar-refractivity contribution is 0.297. The van der Waals surface area contributed by atoms with Gasteiger partial charge in [0.25, 0.3) is 0 Å². The third kappa shape index (κ3) is 4.83. The highest BCUT2D eigenvalue weighted by Gasteiger charge is 2.02. The van der Waals surface area contributed by atoms with E-state index in [4.69, 9.17) is 0 Å². The topological polar surface area (TPSA) is 46.0 Å². The lowest BCUT2D eigenvalue weighted by Gasteiger charge is -2.17. The summed E-state index contributed by atoms with van der Waals surface area (Å²) in [5.74, 6) is 1.02. The van der Waals surface area contributed by atoms with Gasteiger partial charge in [-0.1, -0.05) is 13.8 Å². The second-order valence-corrected chi connectivity index (χ2v) is 4.05. The normalized spacial score (nSPS) is 11.3. The van der Waals surface area contributed by atoms with Crippen molar-refractivity contribution in [1.82, 2.24) is 25.0 Å². The summed E-state index contributed by atoms with van der Waals surface area (Å²) in [5, 5.41) is 7.56. The first-order valence-corrected chi connectivity index (χ1v) is 6.61. The fourth-order valence-corrected chi connectivity index (χ4v) is 1.86. The van der Waals surface area contributed by atoms with Gasteiger partial charge in [-0.3, -0.25) is 0 Å². The molecule has 5 nitrogen and oxygen atoms in total. The SMILES string of the molecule is CCN(CC)CCCNCc1ncnn1CC. The predicted octanol–water partition coefficient (Wildman–Crippen LogP) is 1.12. The van der Waals surface area contributed by atoms with Crippen molar-refractivity contribution in [2.75, 3.05) is 26.2 Å². The molecular formula is C12H25N5. The van der Waals surface area contributed by atoms with Crippen LogP contribution >= 0.6 is 0 Å². The fraction of sp³-hybridized carbons (Fsp3) is 0.833. The van der Waals surface area contributed by atoms with Gasteiger partial charge in [-0.05, 0) is 39.5 Å². The molecule has 0 aromatic carbocycles. The molecule has 0 bridgehead atoms. The molecule has 1 N–H and O–H groups in total. The van der Waals surface area contributed by atoms with E-state index in [2.05, 4.69) is 41.1 Å². The molecule has 0 radical (unpaired) electrons. The molecule has 0 aliphatic heterocycles. The van der Waals surface area contributed by atoms with Crippen LogP contribution in [0.25, 0.3) is 0 Å². The number of rotatable bonds is 9. The number of nitrogens with one attached hydrogen (secondary N) is 1. The van der Waals surface area contributed by atoms with Crippen molar-refractivity contribution in [3.8, 4) is 0 Å². The molecule has 1 heterocycles. The van der Waals surface area contributed by atoms with Crippen LogP contribution in [0.15, 0.2) is 6.33 Å². The molecule has 98 valence electrons. The average Bonchev–Trinajstić information content (AvgIpc) is 2.81. The number of nitrogens with zero attached hydrogens (tertiary/aromatic N) is 4. The largest absolute Gasteiger partial charge is 0.310 e. The Kier molecular flexibility index (Phi) is 6.81. The molecule has 0 fully saturated rings. The van der Waals surface area contributed by atoms with Crippen molar-refractivity contribution in [2.45, 2.75) is 40.3 Å². The maximum Gasteiger partial charge on any atom is 0.140 e. The second-order valence-electron chi connectivity index (χ2n) is 4.05. The highest BCUT2D eigenvalue weighted by molar-refractivity contribution is 4.83. The molecule has 0 unspecified atom stereocenters. The van der Waals surface area contributed by atoms with Gasteiger partial charge in [0.15, 0.2) is 0 Å². The van der Waals surface area contributed by atoms with Gasteiger partial charge in [0.2, 0.25) is 0 Å². The summed E-state index contributed by atoms with van der Waals surface area (Å²) >= 11 is 0. The first-order valence-electron chi connectivity index (χ1n) is 6.61. The van der Waals surface area contributed by atoms with E-state index in [-0.39, 0.29) is 0 Å². The quantitative estimate of drug-likeness (QED) is 0.656. The summed E-state index contributed by atoms with van der Waals surface area (Å²) in [7, 11) is 0. The van der Waals surface area contributed by atoms with Crippen molar-refractivity contribution in [1.29, 1.82) is 0 Å². The summed E-state index contributed by atoms with van der Waals surface area (Å²) in [5.41, 5.74) is 0. The van der Waals surface area contributed by atoms with Crippen molar-refractivity contribution in [3.05, 3.63) is 12.2 Å². The number of aryl methyl sites for hydroxylation is 1. The monoisotopic (exact) mass is 239 g/mol. The van der Waals surface area contributed by atoms with E-state index < -0.39 is 0 Å². The molecule has 1 rings (SSSR count). The van der Waals surface area contributed by atoms with E-state index in [1.54, 1.807) is 6.33 Å². The molecule has 0 saturated heterocycles. The van der Waals surface area contributed by atoms with E-state index in [9.17, 15) is 0 Å². The lowest BCUT2D eigenvalue weighted by atomic mass is 10.3. The summed E-state index contributed by atoms with van der Waals surface area (Å²) in [6.07, 6.45) is 2.80. The highest BCUT2D eigenvalue weighted by Crippen LogP contribution is 1.94. The Morgan fingerprint density at radius 2 is 2.06 bits per heavy atom. The molecule has 1 aromatic heterocycles. The van der Waals surface area contributed by atoms with Crippen LogP contribution in [0.3, 0.4) is 0 Å². The van der Waals surface area contributed by atoms with Gasteiger partial charge in [-0.2, -0.15) is 5.10 Å². The zero-order valence-electron chi connectivity index (χ0n) is 11.3. The smallest absolute Gasteiger partial charge is 0.140 e. The van der Waals surface area contributed by atoms with E-state index in [1.165, 1.54) is 13.0 Å². The summed E-state index contributed by atoms with van der Waals surface area (Å²) in [6, 6.07) is 0.